The van der Waals surface area contributed by atoms with Crippen molar-refractivity contribution < 1.29 is 19.1 Å². The van der Waals surface area contributed by atoms with Crippen LogP contribution in [0.5, 0.6) is 0 Å². The fraction of sp³-hybridized carbons (Fsp3) is 0.538. The molecule has 4 heteroatoms. The van der Waals surface area contributed by atoms with E-state index >= 15 is 0 Å². The highest BCUT2D eigenvalue weighted by atomic mass is 16.5. The molecule has 0 unspecified atom stereocenters. The zero-order chi connectivity index (χ0) is 12.5. The van der Waals surface area contributed by atoms with Gasteiger partial charge in [-0.2, -0.15) is 0 Å². The highest BCUT2D eigenvalue weighted by Crippen LogP contribution is 2.15. The van der Waals surface area contributed by atoms with Crippen molar-refractivity contribution in [2.24, 2.45) is 0 Å². The smallest absolute Gasteiger partial charge is 0.306 e. The van der Waals surface area contributed by atoms with Crippen LogP contribution in [-0.4, -0.2) is 25.7 Å². The summed E-state index contributed by atoms with van der Waals surface area (Å²) < 4.78 is 9.44. The van der Waals surface area contributed by atoms with Crippen LogP contribution < -0.4 is 0 Å². The lowest BCUT2D eigenvalue weighted by molar-refractivity contribution is -0.149. The number of allylic oxidation sites excluding steroid dienone is 4. The van der Waals surface area contributed by atoms with Gasteiger partial charge in [-0.1, -0.05) is 23.8 Å². The second kappa shape index (κ2) is 7.65. The first-order valence-electron chi connectivity index (χ1n) is 5.79. The van der Waals surface area contributed by atoms with E-state index < -0.39 is 0 Å². The molecule has 0 radical (unpaired) electrons. The fourth-order valence-electron chi connectivity index (χ4n) is 1.54. The van der Waals surface area contributed by atoms with E-state index in [0.717, 1.165) is 19.3 Å². The summed E-state index contributed by atoms with van der Waals surface area (Å²) in [4.78, 5) is 22.0. The van der Waals surface area contributed by atoms with Crippen molar-refractivity contribution in [3.8, 4) is 0 Å². The molecule has 0 heterocycles. The van der Waals surface area contributed by atoms with Crippen LogP contribution in [-0.2, 0) is 19.1 Å². The largest absolute Gasteiger partial charge is 0.469 e. The van der Waals surface area contributed by atoms with Gasteiger partial charge in [0.05, 0.1) is 26.6 Å². The number of hydrogen-bond acceptors (Lipinski definition) is 4. The molecular formula is C13H18O4. The van der Waals surface area contributed by atoms with Crippen LogP contribution in [0.15, 0.2) is 23.8 Å². The van der Waals surface area contributed by atoms with Crippen LogP contribution in [0.3, 0.4) is 0 Å². The van der Waals surface area contributed by atoms with Crippen molar-refractivity contribution in [1.29, 1.82) is 0 Å². The van der Waals surface area contributed by atoms with E-state index in [2.05, 4.69) is 16.9 Å². The summed E-state index contributed by atoms with van der Waals surface area (Å²) in [5.74, 6) is -0.724. The maximum atomic E-state index is 11.2. The topological polar surface area (TPSA) is 52.6 Å². The number of carbonyl (C=O) groups excluding carboxylic acids is 2. The Labute approximate surface area is 101 Å². The number of rotatable bonds is 7. The molecule has 0 saturated carbocycles. The zero-order valence-electron chi connectivity index (χ0n) is 10.1. The quantitative estimate of drug-likeness (QED) is 0.503. The summed E-state index contributed by atoms with van der Waals surface area (Å²) in [5, 5.41) is 0. The molecule has 0 aliphatic heterocycles. The SMILES string of the molecule is COC(=O)CCC(=O)OCCCC1=CC=CC1. The molecule has 0 aromatic carbocycles. The average Bonchev–Trinajstić information content (AvgIpc) is 2.84. The number of ether oxygens (including phenoxy) is 2. The van der Waals surface area contributed by atoms with E-state index in [1.165, 1.54) is 12.7 Å². The molecule has 4 nitrogen and oxygen atoms in total. The highest BCUT2D eigenvalue weighted by Gasteiger charge is 2.07. The summed E-state index contributed by atoms with van der Waals surface area (Å²) in [6.07, 6.45) is 9.22. The van der Waals surface area contributed by atoms with Gasteiger partial charge in [-0.3, -0.25) is 9.59 Å². The first-order chi connectivity index (χ1) is 8.22. The van der Waals surface area contributed by atoms with E-state index in [1.807, 2.05) is 6.08 Å². The number of carbonyl (C=O) groups is 2. The van der Waals surface area contributed by atoms with E-state index in [0.29, 0.717) is 6.61 Å². The second-order valence-corrected chi connectivity index (χ2v) is 3.86. The van der Waals surface area contributed by atoms with Gasteiger partial charge in [0, 0.05) is 0 Å². The Morgan fingerprint density at radius 2 is 2.06 bits per heavy atom. The number of hydrogen-bond donors (Lipinski definition) is 0. The fourth-order valence-corrected chi connectivity index (χ4v) is 1.54. The lowest BCUT2D eigenvalue weighted by atomic mass is 10.1. The maximum Gasteiger partial charge on any atom is 0.306 e. The minimum atomic E-state index is -0.385. The molecule has 94 valence electrons. The summed E-state index contributed by atoms with van der Waals surface area (Å²) in [6, 6.07) is 0. The van der Waals surface area contributed by atoms with Gasteiger partial charge in [0.25, 0.3) is 0 Å². The van der Waals surface area contributed by atoms with E-state index in [4.69, 9.17) is 4.74 Å². The third kappa shape index (κ3) is 5.90. The highest BCUT2D eigenvalue weighted by molar-refractivity contribution is 5.77. The Bertz CT molecular complexity index is 328. The molecule has 0 fully saturated rings. The molecule has 0 aromatic rings. The Morgan fingerprint density at radius 3 is 2.71 bits per heavy atom. The monoisotopic (exact) mass is 238 g/mol. The van der Waals surface area contributed by atoms with Gasteiger partial charge in [-0.15, -0.1) is 0 Å². The standard InChI is InChI=1S/C13H18O4/c1-16-12(14)8-9-13(15)17-10-4-7-11-5-2-3-6-11/h2-3,5H,4,6-10H2,1H3. The van der Waals surface area contributed by atoms with Gasteiger partial charge in [0.1, 0.15) is 0 Å². The predicted octanol–water partition coefficient (Wildman–Crippen LogP) is 2.15. The molecule has 0 aromatic heterocycles. The molecule has 1 aliphatic rings. The summed E-state index contributed by atoms with van der Waals surface area (Å²) in [5.41, 5.74) is 1.37. The molecule has 0 amide bonds. The normalized spacial score (nSPS) is 13.4. The van der Waals surface area contributed by atoms with Crippen molar-refractivity contribution in [1.82, 2.24) is 0 Å². The molecule has 0 saturated heterocycles. The van der Waals surface area contributed by atoms with Crippen LogP contribution in [0, 0.1) is 0 Å². The van der Waals surface area contributed by atoms with Crippen molar-refractivity contribution in [3.05, 3.63) is 23.8 Å². The van der Waals surface area contributed by atoms with Crippen LogP contribution in [0.2, 0.25) is 0 Å². The van der Waals surface area contributed by atoms with Crippen LogP contribution >= 0.6 is 0 Å². The second-order valence-electron chi connectivity index (χ2n) is 3.86. The minimum Gasteiger partial charge on any atom is -0.469 e. The van der Waals surface area contributed by atoms with Gasteiger partial charge in [-0.25, -0.2) is 0 Å². The molecule has 0 atom stereocenters. The number of methoxy groups -OCH3 is 1. The van der Waals surface area contributed by atoms with Gasteiger partial charge in [0.2, 0.25) is 0 Å². The summed E-state index contributed by atoms with van der Waals surface area (Å²) >= 11 is 0. The zero-order valence-corrected chi connectivity index (χ0v) is 10.1. The lowest BCUT2D eigenvalue weighted by Crippen LogP contribution is -2.09. The average molecular weight is 238 g/mol. The Hall–Kier alpha value is -1.58. The van der Waals surface area contributed by atoms with Crippen molar-refractivity contribution in [2.45, 2.75) is 32.1 Å². The molecule has 0 N–H and O–H groups in total. The van der Waals surface area contributed by atoms with Crippen molar-refractivity contribution in [2.75, 3.05) is 13.7 Å². The van der Waals surface area contributed by atoms with Gasteiger partial charge in [-0.05, 0) is 19.3 Å². The van der Waals surface area contributed by atoms with E-state index in [-0.39, 0.29) is 24.8 Å². The molecule has 0 spiro atoms. The van der Waals surface area contributed by atoms with Crippen LogP contribution in [0.25, 0.3) is 0 Å². The summed E-state index contributed by atoms with van der Waals surface area (Å²) in [6.45, 7) is 0.414. The Morgan fingerprint density at radius 1 is 1.29 bits per heavy atom. The first-order valence-corrected chi connectivity index (χ1v) is 5.79. The third-order valence-electron chi connectivity index (χ3n) is 2.51. The Kier molecular flexibility index (Phi) is 6.07. The van der Waals surface area contributed by atoms with Crippen molar-refractivity contribution in [3.63, 3.8) is 0 Å². The molecule has 17 heavy (non-hydrogen) atoms. The van der Waals surface area contributed by atoms with Crippen LogP contribution in [0.1, 0.15) is 32.1 Å². The number of esters is 2. The van der Waals surface area contributed by atoms with Gasteiger partial charge >= 0.3 is 11.9 Å². The Balaban J connectivity index is 1.98. The van der Waals surface area contributed by atoms with Gasteiger partial charge < -0.3 is 9.47 Å². The van der Waals surface area contributed by atoms with E-state index in [1.54, 1.807) is 0 Å². The lowest BCUT2D eigenvalue weighted by Gasteiger charge is -2.05. The minimum absolute atomic E-state index is 0.0877. The molecule has 1 rings (SSSR count). The summed E-state index contributed by atoms with van der Waals surface area (Å²) in [7, 11) is 1.30. The van der Waals surface area contributed by atoms with Crippen LogP contribution in [0.4, 0.5) is 0 Å². The predicted molar refractivity (Wildman–Crippen MR) is 63.3 cm³/mol. The maximum absolute atomic E-state index is 11.2. The van der Waals surface area contributed by atoms with Crippen molar-refractivity contribution >= 4 is 11.9 Å². The first kappa shape index (κ1) is 13.5. The molecule has 1 aliphatic carbocycles. The molecular weight excluding hydrogens is 220 g/mol. The van der Waals surface area contributed by atoms with E-state index in [9.17, 15) is 9.59 Å². The van der Waals surface area contributed by atoms with Gasteiger partial charge in [0.15, 0.2) is 0 Å². The third-order valence-corrected chi connectivity index (χ3v) is 2.51. The molecule has 0 bridgehead atoms.